The number of hydrogen-bond acceptors (Lipinski definition) is 3. The molecule has 0 aromatic heterocycles. The van der Waals surface area contributed by atoms with Crippen LogP contribution in [0.15, 0.2) is 0 Å². The number of piperidine rings is 1. The zero-order valence-corrected chi connectivity index (χ0v) is 11.9. The monoisotopic (exact) mass is 254 g/mol. The third-order valence-electron chi connectivity index (χ3n) is 4.68. The summed E-state index contributed by atoms with van der Waals surface area (Å²) in [5.74, 6) is -0.633. The van der Waals surface area contributed by atoms with E-state index >= 15 is 0 Å². The van der Waals surface area contributed by atoms with Gasteiger partial charge in [0.2, 0.25) is 0 Å². The maximum absolute atomic E-state index is 11.4. The Balaban J connectivity index is 1.96. The fourth-order valence-electron chi connectivity index (χ4n) is 3.30. The lowest BCUT2D eigenvalue weighted by atomic mass is 9.81. The van der Waals surface area contributed by atoms with E-state index in [0.29, 0.717) is 12.1 Å². The molecule has 2 rings (SSSR count). The van der Waals surface area contributed by atoms with Gasteiger partial charge in [0.15, 0.2) is 0 Å². The lowest BCUT2D eigenvalue weighted by molar-refractivity contribution is -0.151. The molecule has 2 unspecified atom stereocenters. The number of aliphatic carboxylic acids is 1. The number of carboxylic acids is 1. The molecule has 0 bridgehead atoms. The molecule has 2 atom stereocenters. The van der Waals surface area contributed by atoms with E-state index in [4.69, 9.17) is 0 Å². The number of carbonyl (C=O) groups is 1. The second-order valence-corrected chi connectivity index (χ2v) is 6.47. The van der Waals surface area contributed by atoms with E-state index in [9.17, 15) is 9.90 Å². The summed E-state index contributed by atoms with van der Waals surface area (Å²) in [6.45, 7) is 10.4. The highest BCUT2D eigenvalue weighted by atomic mass is 16.4. The SMILES string of the molecule is CC(C)N1CCC(N2CCCC(C)(C(=O)O)C2)C1. The van der Waals surface area contributed by atoms with Crippen molar-refractivity contribution in [2.75, 3.05) is 26.2 Å². The summed E-state index contributed by atoms with van der Waals surface area (Å²) < 4.78 is 0. The van der Waals surface area contributed by atoms with Crippen molar-refractivity contribution in [2.45, 2.75) is 52.1 Å². The molecule has 2 aliphatic heterocycles. The van der Waals surface area contributed by atoms with Gasteiger partial charge in [0, 0.05) is 31.7 Å². The van der Waals surface area contributed by atoms with E-state index < -0.39 is 11.4 Å². The Hall–Kier alpha value is -0.610. The molecule has 2 aliphatic rings. The van der Waals surface area contributed by atoms with Crippen LogP contribution >= 0.6 is 0 Å². The molecule has 4 heteroatoms. The molecule has 0 aliphatic carbocycles. The number of likely N-dealkylation sites (tertiary alicyclic amines) is 2. The van der Waals surface area contributed by atoms with Gasteiger partial charge in [-0.2, -0.15) is 0 Å². The van der Waals surface area contributed by atoms with Gasteiger partial charge in [-0.15, -0.1) is 0 Å². The Labute approximate surface area is 110 Å². The first-order valence-corrected chi connectivity index (χ1v) is 7.14. The first kappa shape index (κ1) is 13.8. The topological polar surface area (TPSA) is 43.8 Å². The summed E-state index contributed by atoms with van der Waals surface area (Å²) in [5, 5.41) is 9.36. The summed E-state index contributed by atoms with van der Waals surface area (Å²) in [4.78, 5) is 16.3. The van der Waals surface area contributed by atoms with E-state index in [1.165, 1.54) is 6.42 Å². The van der Waals surface area contributed by atoms with Gasteiger partial charge >= 0.3 is 5.97 Å². The first-order chi connectivity index (χ1) is 8.42. The quantitative estimate of drug-likeness (QED) is 0.832. The molecule has 0 spiro atoms. The highest BCUT2D eigenvalue weighted by Crippen LogP contribution is 2.32. The lowest BCUT2D eigenvalue weighted by Crippen LogP contribution is -2.50. The van der Waals surface area contributed by atoms with Crippen LogP contribution in [0.1, 0.15) is 40.0 Å². The minimum absolute atomic E-state index is 0.538. The van der Waals surface area contributed by atoms with Gasteiger partial charge < -0.3 is 5.11 Å². The largest absolute Gasteiger partial charge is 0.481 e. The van der Waals surface area contributed by atoms with Crippen LogP contribution in [0.25, 0.3) is 0 Å². The summed E-state index contributed by atoms with van der Waals surface area (Å²) >= 11 is 0. The second kappa shape index (κ2) is 5.17. The normalized spacial score (nSPS) is 35.2. The van der Waals surface area contributed by atoms with Crippen molar-refractivity contribution in [3.63, 3.8) is 0 Å². The smallest absolute Gasteiger partial charge is 0.310 e. The number of rotatable bonds is 3. The van der Waals surface area contributed by atoms with Crippen LogP contribution in [0.2, 0.25) is 0 Å². The van der Waals surface area contributed by atoms with Crippen molar-refractivity contribution < 1.29 is 9.90 Å². The average Bonchev–Trinajstić information content (AvgIpc) is 2.78. The van der Waals surface area contributed by atoms with Crippen LogP contribution in [-0.4, -0.2) is 59.1 Å². The van der Waals surface area contributed by atoms with Gasteiger partial charge in [-0.25, -0.2) is 0 Å². The Morgan fingerprint density at radius 1 is 1.39 bits per heavy atom. The molecular weight excluding hydrogens is 228 g/mol. The molecule has 0 amide bonds. The molecule has 1 N–H and O–H groups in total. The number of hydrogen-bond donors (Lipinski definition) is 1. The molecule has 104 valence electrons. The van der Waals surface area contributed by atoms with Gasteiger partial charge in [-0.05, 0) is 46.6 Å². The first-order valence-electron chi connectivity index (χ1n) is 7.14. The molecule has 0 radical (unpaired) electrons. The van der Waals surface area contributed by atoms with Gasteiger partial charge in [0.25, 0.3) is 0 Å². The lowest BCUT2D eigenvalue weighted by Gasteiger charge is -2.40. The summed E-state index contributed by atoms with van der Waals surface area (Å²) in [6.07, 6.45) is 3.02. The molecule has 2 heterocycles. The van der Waals surface area contributed by atoms with Gasteiger partial charge in [-0.3, -0.25) is 14.6 Å². The Bertz CT molecular complexity index is 319. The van der Waals surface area contributed by atoms with Gasteiger partial charge in [-0.1, -0.05) is 0 Å². The molecular formula is C14H26N2O2. The van der Waals surface area contributed by atoms with Crippen LogP contribution in [0.5, 0.6) is 0 Å². The zero-order valence-electron chi connectivity index (χ0n) is 11.9. The molecule has 0 aromatic carbocycles. The molecule has 2 fully saturated rings. The van der Waals surface area contributed by atoms with Crippen LogP contribution < -0.4 is 0 Å². The Morgan fingerprint density at radius 2 is 2.11 bits per heavy atom. The molecule has 18 heavy (non-hydrogen) atoms. The standard InChI is InChI=1S/C14H26N2O2/c1-11(2)15-8-5-12(9-15)16-7-4-6-14(3,10-16)13(17)18/h11-12H,4-10H2,1-3H3,(H,17,18). The average molecular weight is 254 g/mol. The predicted molar refractivity (Wildman–Crippen MR) is 71.7 cm³/mol. The highest BCUT2D eigenvalue weighted by molar-refractivity contribution is 5.74. The van der Waals surface area contributed by atoms with Crippen LogP contribution in [0.4, 0.5) is 0 Å². The Morgan fingerprint density at radius 3 is 2.67 bits per heavy atom. The minimum Gasteiger partial charge on any atom is -0.481 e. The Kier molecular flexibility index (Phi) is 3.97. The van der Waals surface area contributed by atoms with Crippen LogP contribution in [0.3, 0.4) is 0 Å². The third kappa shape index (κ3) is 2.69. The van der Waals surface area contributed by atoms with Gasteiger partial charge in [0.1, 0.15) is 0 Å². The van der Waals surface area contributed by atoms with Crippen molar-refractivity contribution in [1.82, 2.24) is 9.80 Å². The molecule has 0 saturated carbocycles. The van der Waals surface area contributed by atoms with Crippen molar-refractivity contribution in [3.8, 4) is 0 Å². The summed E-state index contributed by atoms with van der Waals surface area (Å²) in [6, 6.07) is 1.16. The zero-order chi connectivity index (χ0) is 13.3. The number of nitrogens with zero attached hydrogens (tertiary/aromatic N) is 2. The predicted octanol–water partition coefficient (Wildman–Crippen LogP) is 1.66. The van der Waals surface area contributed by atoms with E-state index in [1.807, 2.05) is 6.92 Å². The maximum Gasteiger partial charge on any atom is 0.310 e. The van der Waals surface area contributed by atoms with E-state index in [2.05, 4.69) is 23.6 Å². The van der Waals surface area contributed by atoms with Crippen molar-refractivity contribution in [2.24, 2.45) is 5.41 Å². The highest BCUT2D eigenvalue weighted by Gasteiger charge is 2.41. The van der Waals surface area contributed by atoms with E-state index in [1.54, 1.807) is 0 Å². The van der Waals surface area contributed by atoms with Crippen molar-refractivity contribution in [1.29, 1.82) is 0 Å². The van der Waals surface area contributed by atoms with E-state index in [-0.39, 0.29) is 0 Å². The fraction of sp³-hybridized carbons (Fsp3) is 0.929. The van der Waals surface area contributed by atoms with Crippen molar-refractivity contribution in [3.05, 3.63) is 0 Å². The maximum atomic E-state index is 11.4. The van der Waals surface area contributed by atoms with Crippen LogP contribution in [0, 0.1) is 5.41 Å². The van der Waals surface area contributed by atoms with Crippen molar-refractivity contribution >= 4 is 5.97 Å². The number of carboxylic acid groups (broad SMARTS) is 1. The minimum atomic E-state index is -0.633. The summed E-state index contributed by atoms with van der Waals surface area (Å²) in [7, 11) is 0. The molecule has 4 nitrogen and oxygen atoms in total. The van der Waals surface area contributed by atoms with E-state index in [0.717, 1.165) is 39.0 Å². The van der Waals surface area contributed by atoms with Crippen LogP contribution in [-0.2, 0) is 4.79 Å². The molecule has 2 saturated heterocycles. The fourth-order valence-corrected chi connectivity index (χ4v) is 3.30. The van der Waals surface area contributed by atoms with Gasteiger partial charge in [0.05, 0.1) is 5.41 Å². The summed E-state index contributed by atoms with van der Waals surface area (Å²) in [5.41, 5.74) is -0.538. The third-order valence-corrected chi connectivity index (χ3v) is 4.68. The molecule has 0 aromatic rings. The second-order valence-electron chi connectivity index (χ2n) is 6.47.